The van der Waals surface area contributed by atoms with Gasteiger partial charge in [0, 0.05) is 4.88 Å². The van der Waals surface area contributed by atoms with E-state index in [2.05, 4.69) is 23.3 Å². The molecule has 1 saturated carbocycles. The number of thiazole rings is 1. The standard InChI is InChI=1S/C14H19N3OS/c1-8-5-14(6-8,7-15)13(18)17-10(3)12-9(2)16-11(4)19-12/h8,10H,5-6H2,1-4H3,(H,17,18). The van der Waals surface area contributed by atoms with Crippen LogP contribution in [-0.2, 0) is 4.79 Å². The summed E-state index contributed by atoms with van der Waals surface area (Å²) >= 11 is 1.60. The molecular weight excluding hydrogens is 258 g/mol. The lowest BCUT2D eigenvalue weighted by Crippen LogP contribution is -2.48. The van der Waals surface area contributed by atoms with Crippen LogP contribution >= 0.6 is 11.3 Å². The molecule has 4 nitrogen and oxygen atoms in total. The molecule has 0 bridgehead atoms. The normalized spacial score (nSPS) is 27.2. The van der Waals surface area contributed by atoms with Gasteiger partial charge in [-0.1, -0.05) is 6.92 Å². The third-order valence-electron chi connectivity index (χ3n) is 3.72. The van der Waals surface area contributed by atoms with Gasteiger partial charge in [-0.25, -0.2) is 4.98 Å². The summed E-state index contributed by atoms with van der Waals surface area (Å²) in [6.45, 7) is 7.93. The first-order chi connectivity index (χ1) is 8.88. The van der Waals surface area contributed by atoms with E-state index < -0.39 is 5.41 Å². The zero-order chi connectivity index (χ0) is 14.2. The number of aryl methyl sites for hydroxylation is 2. The Bertz CT molecular complexity index is 537. The second-order valence-corrected chi connectivity index (χ2v) is 6.82. The Labute approximate surface area is 117 Å². The quantitative estimate of drug-likeness (QED) is 0.923. The molecule has 1 unspecified atom stereocenters. The van der Waals surface area contributed by atoms with Crippen LogP contribution in [0.4, 0.5) is 0 Å². The van der Waals surface area contributed by atoms with Gasteiger partial charge in [-0.15, -0.1) is 11.3 Å². The van der Waals surface area contributed by atoms with Crippen molar-refractivity contribution in [2.75, 3.05) is 0 Å². The number of carbonyl (C=O) groups excluding carboxylic acids is 1. The Morgan fingerprint density at radius 3 is 2.63 bits per heavy atom. The summed E-state index contributed by atoms with van der Waals surface area (Å²) in [7, 11) is 0. The van der Waals surface area contributed by atoms with Crippen molar-refractivity contribution < 1.29 is 4.79 Å². The van der Waals surface area contributed by atoms with E-state index >= 15 is 0 Å². The molecule has 2 rings (SSSR count). The Morgan fingerprint density at radius 1 is 1.58 bits per heavy atom. The zero-order valence-corrected chi connectivity index (χ0v) is 12.6. The van der Waals surface area contributed by atoms with Gasteiger partial charge in [0.1, 0.15) is 5.41 Å². The summed E-state index contributed by atoms with van der Waals surface area (Å²) in [5.74, 6) is 0.333. The van der Waals surface area contributed by atoms with Gasteiger partial charge in [0.15, 0.2) is 0 Å². The Morgan fingerprint density at radius 2 is 2.21 bits per heavy atom. The van der Waals surface area contributed by atoms with Crippen LogP contribution in [0.25, 0.3) is 0 Å². The molecule has 19 heavy (non-hydrogen) atoms. The van der Waals surface area contributed by atoms with Gasteiger partial charge in [-0.2, -0.15) is 5.26 Å². The first-order valence-electron chi connectivity index (χ1n) is 6.54. The monoisotopic (exact) mass is 277 g/mol. The minimum absolute atomic E-state index is 0.0835. The molecule has 1 aliphatic rings. The number of amides is 1. The molecular formula is C14H19N3OS. The van der Waals surface area contributed by atoms with Gasteiger partial charge in [-0.05, 0) is 39.5 Å². The summed E-state index contributed by atoms with van der Waals surface area (Å²) in [6, 6.07) is 2.11. The molecule has 0 aliphatic heterocycles. The smallest absolute Gasteiger partial charge is 0.240 e. The third-order valence-corrected chi connectivity index (χ3v) is 4.98. The molecule has 1 heterocycles. The average Bonchev–Trinajstić information content (AvgIpc) is 2.63. The van der Waals surface area contributed by atoms with E-state index in [0.717, 1.165) is 15.6 Å². The fraction of sp³-hybridized carbons (Fsp3) is 0.643. The van der Waals surface area contributed by atoms with Crippen molar-refractivity contribution in [3.05, 3.63) is 15.6 Å². The Hall–Kier alpha value is -1.41. The highest BCUT2D eigenvalue weighted by molar-refractivity contribution is 7.11. The Balaban J connectivity index is 2.07. The third kappa shape index (κ3) is 2.50. The van der Waals surface area contributed by atoms with Crippen molar-refractivity contribution in [1.29, 1.82) is 5.26 Å². The van der Waals surface area contributed by atoms with Crippen LogP contribution in [0.1, 0.15) is 48.3 Å². The van der Waals surface area contributed by atoms with Gasteiger partial charge >= 0.3 is 0 Å². The van der Waals surface area contributed by atoms with E-state index in [1.165, 1.54) is 0 Å². The molecule has 1 N–H and O–H groups in total. The summed E-state index contributed by atoms with van der Waals surface area (Å²) in [5, 5.41) is 13.2. The molecule has 1 fully saturated rings. The summed E-state index contributed by atoms with van der Waals surface area (Å²) in [5.41, 5.74) is 0.157. The van der Waals surface area contributed by atoms with Crippen molar-refractivity contribution >= 4 is 17.2 Å². The maximum absolute atomic E-state index is 12.3. The highest BCUT2D eigenvalue weighted by atomic mass is 32.1. The van der Waals surface area contributed by atoms with Gasteiger partial charge < -0.3 is 5.32 Å². The fourth-order valence-electron chi connectivity index (χ4n) is 2.81. The summed E-state index contributed by atoms with van der Waals surface area (Å²) in [6.07, 6.45) is 1.34. The summed E-state index contributed by atoms with van der Waals surface area (Å²) in [4.78, 5) is 17.7. The largest absolute Gasteiger partial charge is 0.347 e. The first-order valence-corrected chi connectivity index (χ1v) is 7.36. The number of nitrogens with one attached hydrogen (secondary N) is 1. The molecule has 0 radical (unpaired) electrons. The number of nitrogens with zero attached hydrogens (tertiary/aromatic N) is 2. The second-order valence-electron chi connectivity index (χ2n) is 5.59. The first kappa shape index (κ1) is 14.0. The van der Waals surface area contributed by atoms with Crippen molar-refractivity contribution in [2.24, 2.45) is 11.3 Å². The van der Waals surface area contributed by atoms with Gasteiger partial charge in [0.05, 0.1) is 22.8 Å². The predicted octanol–water partition coefficient (Wildman–Crippen LogP) is 2.88. The zero-order valence-electron chi connectivity index (χ0n) is 11.8. The lowest BCUT2D eigenvalue weighted by atomic mass is 9.63. The van der Waals surface area contributed by atoms with E-state index in [1.54, 1.807) is 11.3 Å². The maximum atomic E-state index is 12.3. The molecule has 1 aromatic heterocycles. The molecule has 1 aliphatic carbocycles. The second kappa shape index (κ2) is 4.93. The van der Waals surface area contributed by atoms with Crippen LogP contribution in [-0.4, -0.2) is 10.9 Å². The van der Waals surface area contributed by atoms with Crippen molar-refractivity contribution in [1.82, 2.24) is 10.3 Å². The minimum Gasteiger partial charge on any atom is -0.347 e. The molecule has 0 spiro atoms. The number of carbonyl (C=O) groups is 1. The van der Waals surface area contributed by atoms with E-state index in [4.69, 9.17) is 0 Å². The van der Waals surface area contributed by atoms with Crippen molar-refractivity contribution in [3.8, 4) is 6.07 Å². The highest BCUT2D eigenvalue weighted by Gasteiger charge is 2.49. The van der Waals surface area contributed by atoms with E-state index in [-0.39, 0.29) is 11.9 Å². The lowest BCUT2D eigenvalue weighted by Gasteiger charge is -2.39. The molecule has 1 amide bonds. The van der Waals surface area contributed by atoms with Crippen molar-refractivity contribution in [3.63, 3.8) is 0 Å². The lowest BCUT2D eigenvalue weighted by molar-refractivity contribution is -0.134. The number of nitriles is 1. The highest BCUT2D eigenvalue weighted by Crippen LogP contribution is 2.45. The number of hydrogen-bond donors (Lipinski definition) is 1. The van der Waals surface area contributed by atoms with Crippen LogP contribution < -0.4 is 5.32 Å². The van der Waals surface area contributed by atoms with Crippen LogP contribution in [0.3, 0.4) is 0 Å². The van der Waals surface area contributed by atoms with Crippen LogP contribution in [0.2, 0.25) is 0 Å². The molecule has 5 heteroatoms. The van der Waals surface area contributed by atoms with E-state index in [0.29, 0.717) is 18.8 Å². The average molecular weight is 277 g/mol. The van der Waals surface area contributed by atoms with Crippen LogP contribution in [0.5, 0.6) is 0 Å². The maximum Gasteiger partial charge on any atom is 0.240 e. The minimum atomic E-state index is -0.804. The Kier molecular flexibility index (Phi) is 3.64. The molecule has 0 saturated heterocycles. The molecule has 102 valence electrons. The number of aromatic nitrogens is 1. The van der Waals surface area contributed by atoms with Crippen LogP contribution in [0.15, 0.2) is 0 Å². The predicted molar refractivity (Wildman–Crippen MR) is 74.6 cm³/mol. The van der Waals surface area contributed by atoms with Gasteiger partial charge in [0.2, 0.25) is 5.91 Å². The number of hydrogen-bond acceptors (Lipinski definition) is 4. The van der Waals surface area contributed by atoms with Gasteiger partial charge in [0.25, 0.3) is 0 Å². The number of rotatable bonds is 3. The summed E-state index contributed by atoms with van der Waals surface area (Å²) < 4.78 is 0. The molecule has 1 atom stereocenters. The molecule has 1 aromatic rings. The topological polar surface area (TPSA) is 65.8 Å². The van der Waals surface area contributed by atoms with Crippen molar-refractivity contribution in [2.45, 2.75) is 46.6 Å². The fourth-order valence-corrected chi connectivity index (χ4v) is 3.74. The van der Waals surface area contributed by atoms with Gasteiger partial charge in [-0.3, -0.25) is 4.79 Å². The molecule has 0 aromatic carbocycles. The van der Waals surface area contributed by atoms with Crippen LogP contribution in [0, 0.1) is 36.5 Å². The SMILES string of the molecule is Cc1nc(C)c(C(C)NC(=O)C2(C#N)CC(C)C2)s1. The van der Waals surface area contributed by atoms with E-state index in [9.17, 15) is 10.1 Å². The van der Waals surface area contributed by atoms with E-state index in [1.807, 2.05) is 20.8 Å².